The summed E-state index contributed by atoms with van der Waals surface area (Å²) in [5.41, 5.74) is 0.0983. The molecule has 1 nitrogen and oxygen atoms in total. The van der Waals surface area contributed by atoms with Gasteiger partial charge in [0.25, 0.3) is 0 Å². The van der Waals surface area contributed by atoms with E-state index in [-0.39, 0.29) is 5.60 Å². The van der Waals surface area contributed by atoms with Gasteiger partial charge < -0.3 is 4.74 Å². The summed E-state index contributed by atoms with van der Waals surface area (Å²) in [7, 11) is 0. The molecule has 4 saturated carbocycles. The maximum absolute atomic E-state index is 7.51. The zero-order chi connectivity index (χ0) is 18.3. The summed E-state index contributed by atoms with van der Waals surface area (Å²) in [5, 5.41) is 0. The molecule has 0 aromatic heterocycles. The summed E-state index contributed by atoms with van der Waals surface area (Å²) in [6.07, 6.45) is 27.5. The zero-order valence-electron chi connectivity index (χ0n) is 17.7. The molecule has 0 spiro atoms. The SMILES string of the molecule is CC1CC2CCCCC2C2OC(C3CCCCC3)(C3CCCCC3)C=CC12. The maximum Gasteiger partial charge on any atom is 0.0922 e. The highest BCUT2D eigenvalue weighted by Crippen LogP contribution is 2.55. The van der Waals surface area contributed by atoms with Crippen LogP contribution in [-0.4, -0.2) is 11.7 Å². The van der Waals surface area contributed by atoms with Gasteiger partial charge in [-0.3, -0.25) is 0 Å². The van der Waals surface area contributed by atoms with E-state index in [0.29, 0.717) is 12.0 Å². The molecule has 0 amide bonds. The molecule has 0 radical (unpaired) electrons. The highest BCUT2D eigenvalue weighted by molar-refractivity contribution is 5.18. The Hall–Kier alpha value is -0.300. The molecule has 1 aliphatic heterocycles. The molecule has 1 heteroatoms. The predicted octanol–water partition coefficient (Wildman–Crippen LogP) is 7.30. The second kappa shape index (κ2) is 7.85. The first-order valence-electron chi connectivity index (χ1n) is 12.6. The molecule has 0 N–H and O–H groups in total. The van der Waals surface area contributed by atoms with Crippen molar-refractivity contribution in [2.75, 3.05) is 0 Å². The highest BCUT2D eigenvalue weighted by Gasteiger charge is 2.53. The van der Waals surface area contributed by atoms with Crippen LogP contribution in [0.4, 0.5) is 0 Å². The molecular weight excluding hydrogens is 328 g/mol. The van der Waals surface area contributed by atoms with Crippen LogP contribution in [0, 0.1) is 35.5 Å². The summed E-state index contributed by atoms with van der Waals surface area (Å²) >= 11 is 0. The lowest BCUT2D eigenvalue weighted by Crippen LogP contribution is -2.57. The van der Waals surface area contributed by atoms with E-state index >= 15 is 0 Å². The summed E-state index contributed by atoms with van der Waals surface area (Å²) in [6, 6.07) is 0. The molecule has 1 heterocycles. The van der Waals surface area contributed by atoms with E-state index < -0.39 is 0 Å². The average Bonchev–Trinajstić information content (AvgIpc) is 2.75. The van der Waals surface area contributed by atoms with E-state index in [0.717, 1.165) is 29.6 Å². The Labute approximate surface area is 167 Å². The second-order valence-corrected chi connectivity index (χ2v) is 11.0. The molecule has 5 aliphatic rings. The third-order valence-electron chi connectivity index (χ3n) is 9.51. The van der Waals surface area contributed by atoms with Gasteiger partial charge in [-0.05, 0) is 68.1 Å². The van der Waals surface area contributed by atoms with Crippen molar-refractivity contribution in [1.29, 1.82) is 0 Å². The van der Waals surface area contributed by atoms with Gasteiger partial charge in [0.05, 0.1) is 11.7 Å². The van der Waals surface area contributed by atoms with Gasteiger partial charge in [-0.1, -0.05) is 76.9 Å². The number of ether oxygens (including phenoxy) is 1. The Morgan fingerprint density at radius 2 is 1.33 bits per heavy atom. The Morgan fingerprint density at radius 3 is 2.00 bits per heavy atom. The molecule has 4 fully saturated rings. The molecule has 4 aliphatic carbocycles. The Kier molecular flexibility index (Phi) is 5.44. The van der Waals surface area contributed by atoms with Crippen molar-refractivity contribution in [3.63, 3.8) is 0 Å². The van der Waals surface area contributed by atoms with Crippen LogP contribution in [0.25, 0.3) is 0 Å². The van der Waals surface area contributed by atoms with E-state index in [4.69, 9.17) is 4.74 Å². The lowest BCUT2D eigenvalue weighted by molar-refractivity contribution is -0.204. The first-order chi connectivity index (χ1) is 13.3. The van der Waals surface area contributed by atoms with E-state index in [1.165, 1.54) is 96.3 Å². The first kappa shape index (κ1) is 18.7. The van der Waals surface area contributed by atoms with Gasteiger partial charge in [0, 0.05) is 5.92 Å². The fraction of sp³-hybridized carbons (Fsp3) is 0.923. The Balaban J connectivity index is 1.48. The molecule has 5 rings (SSSR count). The Bertz CT molecular complexity index is 506. The fourth-order valence-corrected chi connectivity index (χ4v) is 8.11. The topological polar surface area (TPSA) is 9.23 Å². The van der Waals surface area contributed by atoms with Crippen LogP contribution in [0.3, 0.4) is 0 Å². The zero-order valence-corrected chi connectivity index (χ0v) is 17.7. The largest absolute Gasteiger partial charge is 0.366 e. The minimum absolute atomic E-state index is 0.0983. The lowest BCUT2D eigenvalue weighted by atomic mass is 9.59. The van der Waals surface area contributed by atoms with Crippen LogP contribution < -0.4 is 0 Å². The van der Waals surface area contributed by atoms with Crippen molar-refractivity contribution in [1.82, 2.24) is 0 Å². The van der Waals surface area contributed by atoms with Gasteiger partial charge >= 0.3 is 0 Å². The molecule has 27 heavy (non-hydrogen) atoms. The van der Waals surface area contributed by atoms with Crippen molar-refractivity contribution in [2.45, 2.75) is 115 Å². The predicted molar refractivity (Wildman–Crippen MR) is 113 cm³/mol. The van der Waals surface area contributed by atoms with Crippen molar-refractivity contribution in [2.24, 2.45) is 35.5 Å². The van der Waals surface area contributed by atoms with E-state index in [2.05, 4.69) is 19.1 Å². The number of hydrogen-bond donors (Lipinski definition) is 0. The monoisotopic (exact) mass is 370 g/mol. The normalized spacial score (nSPS) is 43.1. The fourth-order valence-electron chi connectivity index (χ4n) is 8.11. The van der Waals surface area contributed by atoms with Crippen LogP contribution >= 0.6 is 0 Å². The van der Waals surface area contributed by atoms with Gasteiger partial charge in [0.2, 0.25) is 0 Å². The van der Waals surface area contributed by atoms with Crippen LogP contribution in [0.5, 0.6) is 0 Å². The molecule has 152 valence electrons. The van der Waals surface area contributed by atoms with Gasteiger partial charge in [0.15, 0.2) is 0 Å². The Morgan fingerprint density at radius 1 is 0.741 bits per heavy atom. The summed E-state index contributed by atoms with van der Waals surface area (Å²) in [5.74, 6) is 4.93. The van der Waals surface area contributed by atoms with Crippen molar-refractivity contribution in [3.8, 4) is 0 Å². The molecular formula is C26H42O. The molecule has 0 aromatic carbocycles. The molecule has 5 unspecified atom stereocenters. The van der Waals surface area contributed by atoms with Gasteiger partial charge in [0.1, 0.15) is 0 Å². The standard InChI is InChI=1S/C26H42O/c1-19-18-20-10-8-9-15-24(20)25-23(19)16-17-26(27-25,21-11-4-2-5-12-21)22-13-6-3-7-14-22/h16-17,19-25H,2-15,18H2,1H3. The summed E-state index contributed by atoms with van der Waals surface area (Å²) < 4.78 is 7.51. The molecule has 5 atom stereocenters. The molecule has 0 aromatic rings. The van der Waals surface area contributed by atoms with Crippen LogP contribution in [0.1, 0.15) is 103 Å². The number of hydrogen-bond acceptors (Lipinski definition) is 1. The van der Waals surface area contributed by atoms with Gasteiger partial charge in [-0.15, -0.1) is 0 Å². The molecule has 0 saturated heterocycles. The molecule has 0 bridgehead atoms. The second-order valence-electron chi connectivity index (χ2n) is 11.0. The number of fused-ring (bicyclic) bond motifs is 3. The minimum Gasteiger partial charge on any atom is -0.366 e. The quantitative estimate of drug-likeness (QED) is 0.463. The smallest absolute Gasteiger partial charge is 0.0922 e. The van der Waals surface area contributed by atoms with Crippen LogP contribution in [-0.2, 0) is 4.74 Å². The van der Waals surface area contributed by atoms with Crippen molar-refractivity contribution in [3.05, 3.63) is 12.2 Å². The first-order valence-corrected chi connectivity index (χ1v) is 12.6. The number of rotatable bonds is 2. The van der Waals surface area contributed by atoms with E-state index in [1.54, 1.807) is 0 Å². The lowest BCUT2D eigenvalue weighted by Gasteiger charge is -2.57. The third-order valence-corrected chi connectivity index (χ3v) is 9.51. The third kappa shape index (κ3) is 3.34. The van der Waals surface area contributed by atoms with Crippen LogP contribution in [0.2, 0.25) is 0 Å². The van der Waals surface area contributed by atoms with Crippen molar-refractivity contribution < 1.29 is 4.74 Å². The van der Waals surface area contributed by atoms with E-state index in [9.17, 15) is 0 Å². The van der Waals surface area contributed by atoms with Gasteiger partial charge in [-0.2, -0.15) is 0 Å². The maximum atomic E-state index is 7.51. The van der Waals surface area contributed by atoms with Crippen molar-refractivity contribution >= 4 is 0 Å². The van der Waals surface area contributed by atoms with Crippen LogP contribution in [0.15, 0.2) is 12.2 Å². The van der Waals surface area contributed by atoms with E-state index in [1.807, 2.05) is 0 Å². The minimum atomic E-state index is 0.0983. The van der Waals surface area contributed by atoms with Gasteiger partial charge in [-0.25, -0.2) is 0 Å². The highest BCUT2D eigenvalue weighted by atomic mass is 16.5. The average molecular weight is 371 g/mol. The summed E-state index contributed by atoms with van der Waals surface area (Å²) in [4.78, 5) is 0. The summed E-state index contributed by atoms with van der Waals surface area (Å²) in [6.45, 7) is 2.52.